The Kier molecular flexibility index (Phi) is 4.02. The maximum Gasteiger partial charge on any atom is 0.339 e. The summed E-state index contributed by atoms with van der Waals surface area (Å²) in [5.74, 6) is 0.449. The van der Waals surface area contributed by atoms with Gasteiger partial charge in [0.05, 0.1) is 12.7 Å². The van der Waals surface area contributed by atoms with Crippen molar-refractivity contribution in [1.29, 1.82) is 0 Å². The first-order valence-electron chi connectivity index (χ1n) is 10.0. The first-order valence-corrected chi connectivity index (χ1v) is 10.0. The number of carbonyl (C=O) groups excluding carboxylic acids is 2. The molecule has 1 fully saturated rings. The summed E-state index contributed by atoms with van der Waals surface area (Å²) < 4.78 is 11.1. The predicted octanol–water partition coefficient (Wildman–Crippen LogP) is 3.71. The van der Waals surface area contributed by atoms with Gasteiger partial charge in [-0.3, -0.25) is 4.79 Å². The van der Waals surface area contributed by atoms with E-state index >= 15 is 0 Å². The number of fused-ring (bicyclic) bond motifs is 3. The molecule has 2 aromatic carbocycles. The molecule has 5 nitrogen and oxygen atoms in total. The lowest BCUT2D eigenvalue weighted by atomic mass is 9.83. The molecule has 2 aromatic rings. The topological polar surface area (TPSA) is 55.8 Å². The summed E-state index contributed by atoms with van der Waals surface area (Å²) in [6.45, 7) is 3.18. The number of amides is 1. The van der Waals surface area contributed by atoms with Crippen molar-refractivity contribution < 1.29 is 19.1 Å². The molecule has 2 aliphatic heterocycles. The molecule has 29 heavy (non-hydrogen) atoms. The van der Waals surface area contributed by atoms with Gasteiger partial charge in [-0.05, 0) is 35.8 Å². The zero-order chi connectivity index (χ0) is 20.2. The molecule has 0 atom stereocenters. The summed E-state index contributed by atoms with van der Waals surface area (Å²) in [7, 11) is 1.58. The molecular weight excluding hydrogens is 366 g/mol. The van der Waals surface area contributed by atoms with Crippen LogP contribution in [-0.4, -0.2) is 37.0 Å². The van der Waals surface area contributed by atoms with Gasteiger partial charge in [-0.1, -0.05) is 30.3 Å². The Morgan fingerprint density at radius 3 is 2.59 bits per heavy atom. The SMILES string of the molecule is COc1ccc2c(c1)C(=O)OC21CCN(C(=O)C2=C(C)c3ccccc3C2)CC1. The highest BCUT2D eigenvalue weighted by atomic mass is 16.6. The number of piperidine rings is 1. The Morgan fingerprint density at radius 2 is 1.86 bits per heavy atom. The molecule has 5 heteroatoms. The van der Waals surface area contributed by atoms with Gasteiger partial charge in [0.1, 0.15) is 11.4 Å². The Morgan fingerprint density at radius 1 is 1.10 bits per heavy atom. The minimum absolute atomic E-state index is 0.104. The highest BCUT2D eigenvalue weighted by molar-refractivity contribution is 6.03. The molecule has 0 aromatic heterocycles. The van der Waals surface area contributed by atoms with Gasteiger partial charge < -0.3 is 14.4 Å². The molecule has 2 heterocycles. The van der Waals surface area contributed by atoms with Gasteiger partial charge in [-0.15, -0.1) is 0 Å². The molecule has 0 radical (unpaired) electrons. The lowest BCUT2D eigenvalue weighted by molar-refractivity contribution is -0.131. The van der Waals surface area contributed by atoms with E-state index in [4.69, 9.17) is 9.47 Å². The van der Waals surface area contributed by atoms with Crippen molar-refractivity contribution in [3.63, 3.8) is 0 Å². The van der Waals surface area contributed by atoms with Crippen LogP contribution in [0.3, 0.4) is 0 Å². The normalized spacial score (nSPS) is 19.2. The van der Waals surface area contributed by atoms with Crippen LogP contribution in [0, 0.1) is 0 Å². The average molecular weight is 389 g/mol. The van der Waals surface area contributed by atoms with Crippen molar-refractivity contribution in [2.45, 2.75) is 31.8 Å². The molecular formula is C24H23NO4. The number of hydrogen-bond donors (Lipinski definition) is 0. The standard InChI is InChI=1S/C24H23NO4/c1-15-18-6-4-3-5-16(18)13-19(15)22(26)25-11-9-24(10-12-25)21-8-7-17(28-2)14-20(21)23(27)29-24/h3-8,14H,9-13H2,1-2H3. The molecule has 148 valence electrons. The van der Waals surface area contributed by atoms with Crippen molar-refractivity contribution in [1.82, 2.24) is 4.90 Å². The molecule has 5 rings (SSSR count). The summed E-state index contributed by atoms with van der Waals surface area (Å²) in [6.07, 6.45) is 1.92. The zero-order valence-corrected chi connectivity index (χ0v) is 16.7. The van der Waals surface area contributed by atoms with Gasteiger partial charge in [0.25, 0.3) is 0 Å². The van der Waals surface area contributed by atoms with E-state index in [0.717, 1.165) is 16.7 Å². The molecule has 3 aliphatic rings. The summed E-state index contributed by atoms with van der Waals surface area (Å²) in [4.78, 5) is 27.6. The van der Waals surface area contributed by atoms with E-state index in [1.807, 2.05) is 36.1 Å². The fourth-order valence-corrected chi connectivity index (χ4v) is 4.90. The van der Waals surface area contributed by atoms with Crippen molar-refractivity contribution in [3.8, 4) is 5.75 Å². The summed E-state index contributed by atoms with van der Waals surface area (Å²) in [5.41, 5.74) is 5.23. The van der Waals surface area contributed by atoms with Crippen LogP contribution in [-0.2, 0) is 21.6 Å². The Labute approximate surface area is 169 Å². The van der Waals surface area contributed by atoms with Crippen LogP contribution in [0.15, 0.2) is 48.0 Å². The van der Waals surface area contributed by atoms with Gasteiger partial charge in [-0.25, -0.2) is 4.79 Å². The van der Waals surface area contributed by atoms with E-state index in [-0.39, 0.29) is 11.9 Å². The molecule has 0 bridgehead atoms. The van der Waals surface area contributed by atoms with E-state index in [1.54, 1.807) is 13.2 Å². The number of methoxy groups -OCH3 is 1. The number of hydrogen-bond acceptors (Lipinski definition) is 4. The van der Waals surface area contributed by atoms with Crippen molar-refractivity contribution in [3.05, 3.63) is 70.3 Å². The van der Waals surface area contributed by atoms with E-state index < -0.39 is 5.60 Å². The second-order valence-corrected chi connectivity index (χ2v) is 8.03. The number of likely N-dealkylation sites (tertiary alicyclic amines) is 1. The molecule has 1 saturated heterocycles. The van der Waals surface area contributed by atoms with Gasteiger partial charge in [0.15, 0.2) is 0 Å². The number of benzene rings is 2. The summed E-state index contributed by atoms with van der Waals surface area (Å²) in [6, 6.07) is 13.7. The largest absolute Gasteiger partial charge is 0.497 e. The number of esters is 1. The average Bonchev–Trinajstić information content (AvgIpc) is 3.23. The number of allylic oxidation sites excluding steroid dienone is 1. The van der Waals surface area contributed by atoms with Crippen LogP contribution in [0.25, 0.3) is 5.57 Å². The molecule has 0 N–H and O–H groups in total. The number of nitrogens with zero attached hydrogens (tertiary/aromatic N) is 1. The van der Waals surface area contributed by atoms with Crippen LogP contribution in [0.5, 0.6) is 5.75 Å². The lowest BCUT2D eigenvalue weighted by Gasteiger charge is -2.38. The lowest BCUT2D eigenvalue weighted by Crippen LogP contribution is -2.45. The second-order valence-electron chi connectivity index (χ2n) is 8.03. The summed E-state index contributed by atoms with van der Waals surface area (Å²) >= 11 is 0. The van der Waals surface area contributed by atoms with Crippen LogP contribution >= 0.6 is 0 Å². The highest BCUT2D eigenvalue weighted by Crippen LogP contribution is 2.45. The minimum Gasteiger partial charge on any atom is -0.497 e. The van der Waals surface area contributed by atoms with Gasteiger partial charge in [0, 0.05) is 43.5 Å². The fraction of sp³-hybridized carbons (Fsp3) is 0.333. The van der Waals surface area contributed by atoms with Gasteiger partial charge in [-0.2, -0.15) is 0 Å². The second kappa shape index (κ2) is 6.48. The first-order chi connectivity index (χ1) is 14.0. The van der Waals surface area contributed by atoms with E-state index in [1.165, 1.54) is 11.1 Å². The molecule has 1 spiro atoms. The third-order valence-corrected chi connectivity index (χ3v) is 6.58. The van der Waals surface area contributed by atoms with Crippen LogP contribution in [0.4, 0.5) is 0 Å². The Hall–Kier alpha value is -3.08. The molecule has 0 saturated carbocycles. The molecule has 0 unspecified atom stereocenters. The zero-order valence-electron chi connectivity index (χ0n) is 16.7. The monoisotopic (exact) mass is 389 g/mol. The maximum atomic E-state index is 13.2. The number of rotatable bonds is 2. The van der Waals surface area contributed by atoms with Crippen LogP contribution < -0.4 is 4.74 Å². The molecule has 1 amide bonds. The van der Waals surface area contributed by atoms with Crippen LogP contribution in [0.1, 0.15) is 46.8 Å². The first kappa shape index (κ1) is 18.0. The van der Waals surface area contributed by atoms with Gasteiger partial charge >= 0.3 is 5.97 Å². The Bertz CT molecular complexity index is 1060. The highest BCUT2D eigenvalue weighted by Gasteiger charge is 2.48. The predicted molar refractivity (Wildman–Crippen MR) is 109 cm³/mol. The number of ether oxygens (including phenoxy) is 2. The summed E-state index contributed by atoms with van der Waals surface area (Å²) in [5, 5.41) is 0. The van der Waals surface area contributed by atoms with Crippen LogP contribution in [0.2, 0.25) is 0 Å². The van der Waals surface area contributed by atoms with E-state index in [2.05, 4.69) is 12.1 Å². The maximum absolute atomic E-state index is 13.2. The third kappa shape index (κ3) is 2.68. The Balaban J connectivity index is 1.35. The minimum atomic E-state index is -0.627. The van der Waals surface area contributed by atoms with Crippen molar-refractivity contribution >= 4 is 17.4 Å². The smallest absolute Gasteiger partial charge is 0.339 e. The van der Waals surface area contributed by atoms with Crippen molar-refractivity contribution in [2.75, 3.05) is 20.2 Å². The number of carbonyl (C=O) groups is 2. The van der Waals surface area contributed by atoms with Crippen molar-refractivity contribution in [2.24, 2.45) is 0 Å². The quantitative estimate of drug-likeness (QED) is 0.735. The molecule has 1 aliphatic carbocycles. The van der Waals surface area contributed by atoms with E-state index in [9.17, 15) is 9.59 Å². The van der Waals surface area contributed by atoms with Gasteiger partial charge in [0.2, 0.25) is 5.91 Å². The fourth-order valence-electron chi connectivity index (χ4n) is 4.90. The van der Waals surface area contributed by atoms with E-state index in [0.29, 0.717) is 43.7 Å². The third-order valence-electron chi connectivity index (χ3n) is 6.58.